The SMILES string of the molecule is CCC(C)c1ccccc1NC(=O)C(C)Sc1nnnn1-c1c(C)cccc1C. The second kappa shape index (κ2) is 9.22. The van der Waals surface area contributed by atoms with E-state index >= 15 is 0 Å². The van der Waals surface area contributed by atoms with Gasteiger partial charge in [-0.05, 0) is 66.3 Å². The van der Waals surface area contributed by atoms with Gasteiger partial charge in [0.05, 0.1) is 10.9 Å². The Kier molecular flexibility index (Phi) is 6.69. The summed E-state index contributed by atoms with van der Waals surface area (Å²) in [6, 6.07) is 14.0. The smallest absolute Gasteiger partial charge is 0.237 e. The van der Waals surface area contributed by atoms with Gasteiger partial charge in [0.1, 0.15) is 0 Å². The predicted octanol–water partition coefficient (Wildman–Crippen LogP) is 4.91. The molecule has 2 aromatic carbocycles. The number of aromatic nitrogens is 4. The zero-order valence-electron chi connectivity index (χ0n) is 17.5. The van der Waals surface area contributed by atoms with E-state index in [2.05, 4.69) is 40.8 Å². The van der Waals surface area contributed by atoms with E-state index in [1.807, 2.05) is 57.2 Å². The molecule has 1 heterocycles. The van der Waals surface area contributed by atoms with E-state index in [-0.39, 0.29) is 11.2 Å². The average Bonchev–Trinajstić information content (AvgIpc) is 3.15. The number of thioether (sulfide) groups is 1. The topological polar surface area (TPSA) is 72.7 Å². The molecule has 1 N–H and O–H groups in total. The van der Waals surface area contributed by atoms with Crippen molar-refractivity contribution in [3.05, 3.63) is 59.2 Å². The van der Waals surface area contributed by atoms with E-state index in [1.165, 1.54) is 11.8 Å². The molecule has 7 heteroatoms. The maximum absolute atomic E-state index is 12.9. The molecule has 29 heavy (non-hydrogen) atoms. The van der Waals surface area contributed by atoms with E-state index < -0.39 is 0 Å². The first kappa shape index (κ1) is 21.0. The van der Waals surface area contributed by atoms with Crippen LogP contribution in [0, 0.1) is 13.8 Å². The van der Waals surface area contributed by atoms with Gasteiger partial charge in [-0.2, -0.15) is 4.68 Å². The molecule has 152 valence electrons. The maximum Gasteiger partial charge on any atom is 0.237 e. The van der Waals surface area contributed by atoms with Crippen LogP contribution >= 0.6 is 11.8 Å². The van der Waals surface area contributed by atoms with Gasteiger partial charge in [0.2, 0.25) is 11.1 Å². The van der Waals surface area contributed by atoms with Crippen LogP contribution in [0.5, 0.6) is 0 Å². The Morgan fingerprint density at radius 1 is 1.10 bits per heavy atom. The number of aryl methyl sites for hydroxylation is 2. The number of benzene rings is 2. The lowest BCUT2D eigenvalue weighted by Gasteiger charge is -2.18. The Morgan fingerprint density at radius 2 is 1.79 bits per heavy atom. The predicted molar refractivity (Wildman–Crippen MR) is 118 cm³/mol. The highest BCUT2D eigenvalue weighted by atomic mass is 32.2. The fourth-order valence-electron chi connectivity index (χ4n) is 3.24. The third-order valence-electron chi connectivity index (χ3n) is 5.11. The van der Waals surface area contributed by atoms with Crippen LogP contribution < -0.4 is 5.32 Å². The summed E-state index contributed by atoms with van der Waals surface area (Å²) in [4.78, 5) is 12.9. The molecular weight excluding hydrogens is 382 g/mol. The number of hydrogen-bond acceptors (Lipinski definition) is 5. The van der Waals surface area contributed by atoms with E-state index in [4.69, 9.17) is 0 Å². The van der Waals surface area contributed by atoms with Crippen molar-refractivity contribution < 1.29 is 4.79 Å². The maximum atomic E-state index is 12.9. The van der Waals surface area contributed by atoms with Crippen molar-refractivity contribution in [2.45, 2.75) is 57.4 Å². The molecule has 0 aliphatic carbocycles. The number of nitrogens with one attached hydrogen (secondary N) is 1. The van der Waals surface area contributed by atoms with Crippen molar-refractivity contribution in [2.75, 3.05) is 5.32 Å². The first-order valence-electron chi connectivity index (χ1n) is 9.83. The van der Waals surface area contributed by atoms with Crippen molar-refractivity contribution in [2.24, 2.45) is 0 Å². The normalized spacial score (nSPS) is 13.1. The number of rotatable bonds is 7. The monoisotopic (exact) mass is 409 g/mol. The second-order valence-corrected chi connectivity index (χ2v) is 8.57. The van der Waals surface area contributed by atoms with E-state index in [9.17, 15) is 4.79 Å². The number of para-hydroxylation sites is 2. The van der Waals surface area contributed by atoms with Crippen LogP contribution in [0.4, 0.5) is 5.69 Å². The molecule has 3 aromatic rings. The molecule has 0 radical (unpaired) electrons. The summed E-state index contributed by atoms with van der Waals surface area (Å²) in [6.07, 6.45) is 1.02. The van der Waals surface area contributed by atoms with E-state index in [0.29, 0.717) is 11.1 Å². The zero-order chi connectivity index (χ0) is 21.0. The average molecular weight is 410 g/mol. The molecule has 2 unspecified atom stereocenters. The summed E-state index contributed by atoms with van der Waals surface area (Å²) in [5.41, 5.74) is 5.14. The minimum Gasteiger partial charge on any atom is -0.325 e. The number of hydrogen-bond donors (Lipinski definition) is 1. The van der Waals surface area contributed by atoms with Gasteiger partial charge >= 0.3 is 0 Å². The number of nitrogens with zero attached hydrogens (tertiary/aromatic N) is 4. The van der Waals surface area contributed by atoms with Gasteiger partial charge in [-0.3, -0.25) is 4.79 Å². The highest BCUT2D eigenvalue weighted by Crippen LogP contribution is 2.29. The third-order valence-corrected chi connectivity index (χ3v) is 6.14. The molecule has 0 spiro atoms. The van der Waals surface area contributed by atoms with Crippen LogP contribution in [0.15, 0.2) is 47.6 Å². The summed E-state index contributed by atoms with van der Waals surface area (Å²) in [5.74, 6) is 0.313. The fraction of sp³-hybridized carbons (Fsp3) is 0.364. The molecular formula is C22H27N5OS. The van der Waals surface area contributed by atoms with Crippen LogP contribution in [-0.4, -0.2) is 31.4 Å². The van der Waals surface area contributed by atoms with Crippen molar-refractivity contribution in [3.63, 3.8) is 0 Å². The van der Waals surface area contributed by atoms with Crippen molar-refractivity contribution in [3.8, 4) is 5.69 Å². The minimum atomic E-state index is -0.353. The molecule has 0 fully saturated rings. The molecule has 6 nitrogen and oxygen atoms in total. The number of carbonyl (C=O) groups excluding carboxylic acids is 1. The molecule has 0 saturated carbocycles. The van der Waals surface area contributed by atoms with Crippen molar-refractivity contribution in [1.82, 2.24) is 20.2 Å². The quantitative estimate of drug-likeness (QED) is 0.561. The highest BCUT2D eigenvalue weighted by molar-refractivity contribution is 8.00. The molecule has 0 saturated heterocycles. The first-order valence-corrected chi connectivity index (χ1v) is 10.7. The van der Waals surface area contributed by atoms with Gasteiger partial charge in [0.15, 0.2) is 0 Å². The first-order chi connectivity index (χ1) is 13.9. The van der Waals surface area contributed by atoms with Gasteiger partial charge in [-0.15, -0.1) is 5.10 Å². The number of tetrazole rings is 1. The van der Waals surface area contributed by atoms with Crippen molar-refractivity contribution >= 4 is 23.4 Å². The number of carbonyl (C=O) groups is 1. The fourth-order valence-corrected chi connectivity index (χ4v) is 4.03. The van der Waals surface area contributed by atoms with Crippen LogP contribution in [0.2, 0.25) is 0 Å². The molecule has 3 rings (SSSR count). The lowest BCUT2D eigenvalue weighted by Crippen LogP contribution is -2.24. The molecule has 0 aliphatic heterocycles. The van der Waals surface area contributed by atoms with Gasteiger partial charge in [-0.1, -0.05) is 62.0 Å². The van der Waals surface area contributed by atoms with E-state index in [1.54, 1.807) is 4.68 Å². The van der Waals surface area contributed by atoms with Crippen LogP contribution in [0.1, 0.15) is 49.8 Å². The number of amides is 1. The third kappa shape index (κ3) is 4.67. The number of anilines is 1. The van der Waals surface area contributed by atoms with Crippen molar-refractivity contribution in [1.29, 1.82) is 0 Å². The summed E-state index contributed by atoms with van der Waals surface area (Å²) in [5, 5.41) is 15.5. The summed E-state index contributed by atoms with van der Waals surface area (Å²) < 4.78 is 1.71. The molecule has 0 bridgehead atoms. The Morgan fingerprint density at radius 3 is 2.48 bits per heavy atom. The Balaban J connectivity index is 1.78. The Hall–Kier alpha value is -2.67. The zero-order valence-corrected chi connectivity index (χ0v) is 18.3. The lowest BCUT2D eigenvalue weighted by atomic mass is 9.97. The van der Waals surface area contributed by atoms with Gasteiger partial charge < -0.3 is 5.32 Å². The lowest BCUT2D eigenvalue weighted by molar-refractivity contribution is -0.115. The second-order valence-electron chi connectivity index (χ2n) is 7.26. The standard InChI is InChI=1S/C22H27N5OS/c1-6-14(2)18-12-7-8-13-19(18)23-21(28)17(5)29-22-24-25-26-27(22)20-15(3)10-9-11-16(20)4/h7-14,17H,6H2,1-5H3,(H,23,28). The summed E-state index contributed by atoms with van der Waals surface area (Å²) in [7, 11) is 0. The van der Waals surface area contributed by atoms with E-state index in [0.717, 1.165) is 34.5 Å². The Bertz CT molecular complexity index is 980. The van der Waals surface area contributed by atoms with Crippen LogP contribution in [-0.2, 0) is 4.79 Å². The van der Waals surface area contributed by atoms with Crippen LogP contribution in [0.3, 0.4) is 0 Å². The highest BCUT2D eigenvalue weighted by Gasteiger charge is 2.21. The summed E-state index contributed by atoms with van der Waals surface area (Å²) in [6.45, 7) is 10.2. The largest absolute Gasteiger partial charge is 0.325 e. The van der Waals surface area contributed by atoms with Gasteiger partial charge in [-0.25, -0.2) is 0 Å². The summed E-state index contributed by atoms with van der Waals surface area (Å²) >= 11 is 1.35. The molecule has 1 aromatic heterocycles. The van der Waals surface area contributed by atoms with Gasteiger partial charge in [0, 0.05) is 5.69 Å². The molecule has 1 amide bonds. The Labute approximate surface area is 176 Å². The minimum absolute atomic E-state index is 0.0678. The van der Waals surface area contributed by atoms with Crippen LogP contribution in [0.25, 0.3) is 5.69 Å². The van der Waals surface area contributed by atoms with Gasteiger partial charge in [0.25, 0.3) is 0 Å². The molecule has 0 aliphatic rings. The molecule has 2 atom stereocenters.